The van der Waals surface area contributed by atoms with Gasteiger partial charge < -0.3 is 4.74 Å². The van der Waals surface area contributed by atoms with Gasteiger partial charge in [0.1, 0.15) is 4.60 Å². The predicted octanol–water partition coefficient (Wildman–Crippen LogP) is 1.81. The molecule has 0 aliphatic carbocycles. The highest BCUT2D eigenvalue weighted by molar-refractivity contribution is 9.10. The van der Waals surface area contributed by atoms with Crippen molar-refractivity contribution in [1.29, 1.82) is 0 Å². The van der Waals surface area contributed by atoms with Crippen LogP contribution < -0.4 is 4.74 Å². The van der Waals surface area contributed by atoms with Gasteiger partial charge in [0.15, 0.2) is 0 Å². The molecule has 0 atom stereocenters. The summed E-state index contributed by atoms with van der Waals surface area (Å²) >= 11 is 3.26. The third-order valence-corrected chi connectivity index (χ3v) is 1.68. The molecule has 0 fully saturated rings. The van der Waals surface area contributed by atoms with Crippen LogP contribution in [0.25, 0.3) is 0 Å². The molecule has 1 aromatic rings. The monoisotopic (exact) mass is 216 g/mol. The lowest BCUT2D eigenvalue weighted by Crippen LogP contribution is -1.95. The van der Waals surface area contributed by atoms with Crippen molar-refractivity contribution in [3.8, 4) is 6.01 Å². The minimum atomic E-state index is 0.413. The second kappa shape index (κ2) is 3.67. The summed E-state index contributed by atoms with van der Waals surface area (Å²) in [5, 5.41) is 0. The molecule has 1 rings (SSSR count). The Morgan fingerprint density at radius 1 is 1.55 bits per heavy atom. The van der Waals surface area contributed by atoms with Crippen molar-refractivity contribution in [2.45, 2.75) is 13.3 Å². The van der Waals surface area contributed by atoms with Gasteiger partial charge in [0, 0.05) is 5.69 Å². The van der Waals surface area contributed by atoms with Gasteiger partial charge in [-0.05, 0) is 28.4 Å². The van der Waals surface area contributed by atoms with Crippen LogP contribution in [-0.2, 0) is 6.42 Å². The summed E-state index contributed by atoms with van der Waals surface area (Å²) < 4.78 is 5.65. The van der Waals surface area contributed by atoms with Crippen LogP contribution in [0.1, 0.15) is 12.6 Å². The fourth-order valence-corrected chi connectivity index (χ4v) is 1.13. The lowest BCUT2D eigenvalue weighted by molar-refractivity contribution is 0.377. The molecule has 60 valence electrons. The molecule has 0 amide bonds. The Balaban J connectivity index is 3.02. The van der Waals surface area contributed by atoms with Crippen LogP contribution in [0, 0.1) is 0 Å². The predicted molar refractivity (Wildman–Crippen MR) is 45.7 cm³/mol. The number of aromatic nitrogens is 2. The van der Waals surface area contributed by atoms with E-state index in [1.165, 1.54) is 0 Å². The molecule has 0 aliphatic heterocycles. The lowest BCUT2D eigenvalue weighted by Gasteiger charge is -2.00. The van der Waals surface area contributed by atoms with Crippen LogP contribution in [0.4, 0.5) is 0 Å². The normalized spacial score (nSPS) is 9.73. The van der Waals surface area contributed by atoms with Crippen LogP contribution in [0.15, 0.2) is 10.7 Å². The topological polar surface area (TPSA) is 35.0 Å². The van der Waals surface area contributed by atoms with E-state index >= 15 is 0 Å². The molecule has 3 nitrogen and oxygen atoms in total. The first kappa shape index (κ1) is 8.46. The molecule has 0 bridgehead atoms. The quantitative estimate of drug-likeness (QED) is 0.708. The summed E-state index contributed by atoms with van der Waals surface area (Å²) in [7, 11) is 1.56. The number of rotatable bonds is 2. The summed E-state index contributed by atoms with van der Waals surface area (Å²) in [6.07, 6.45) is 0.886. The number of methoxy groups -OCH3 is 1. The molecule has 0 aromatic carbocycles. The molecule has 1 heterocycles. The zero-order valence-electron chi connectivity index (χ0n) is 6.47. The fourth-order valence-electron chi connectivity index (χ4n) is 0.714. The molecule has 0 aliphatic rings. The number of nitrogens with zero attached hydrogens (tertiary/aromatic N) is 2. The van der Waals surface area contributed by atoms with Gasteiger partial charge in [-0.3, -0.25) is 0 Å². The Kier molecular flexibility index (Phi) is 2.82. The van der Waals surface area contributed by atoms with Gasteiger partial charge in [-0.15, -0.1) is 0 Å². The number of aryl methyl sites for hydroxylation is 1. The summed E-state index contributed by atoms with van der Waals surface area (Å²) in [6, 6.07) is 2.29. The summed E-state index contributed by atoms with van der Waals surface area (Å²) in [5.74, 6) is 0. The van der Waals surface area contributed by atoms with Gasteiger partial charge in [-0.1, -0.05) is 6.92 Å². The van der Waals surface area contributed by atoms with Gasteiger partial charge in [0.05, 0.1) is 7.11 Å². The molecule has 0 saturated carbocycles. The van der Waals surface area contributed by atoms with Gasteiger partial charge in [0.2, 0.25) is 0 Å². The minimum absolute atomic E-state index is 0.413. The highest BCUT2D eigenvalue weighted by Gasteiger charge is 1.99. The minimum Gasteiger partial charge on any atom is -0.467 e. The second-order valence-corrected chi connectivity index (χ2v) is 2.83. The van der Waals surface area contributed by atoms with Crippen LogP contribution in [0.3, 0.4) is 0 Å². The van der Waals surface area contributed by atoms with E-state index in [0.717, 1.165) is 16.7 Å². The molecule has 11 heavy (non-hydrogen) atoms. The molecule has 0 N–H and O–H groups in total. The highest BCUT2D eigenvalue weighted by atomic mass is 79.9. The van der Waals surface area contributed by atoms with E-state index < -0.39 is 0 Å². The summed E-state index contributed by atoms with van der Waals surface area (Å²) in [6.45, 7) is 2.04. The van der Waals surface area contributed by atoms with Crippen molar-refractivity contribution in [2.24, 2.45) is 0 Å². The first-order valence-corrected chi connectivity index (χ1v) is 4.13. The van der Waals surface area contributed by atoms with Gasteiger partial charge in [0.25, 0.3) is 0 Å². The van der Waals surface area contributed by atoms with Crippen LogP contribution in [0.2, 0.25) is 0 Å². The SMILES string of the molecule is CCc1cc(Br)nc(OC)n1. The zero-order chi connectivity index (χ0) is 8.27. The Morgan fingerprint density at radius 3 is 2.82 bits per heavy atom. The average molecular weight is 217 g/mol. The van der Waals surface area contributed by atoms with Gasteiger partial charge >= 0.3 is 6.01 Å². The van der Waals surface area contributed by atoms with Crippen molar-refractivity contribution in [1.82, 2.24) is 9.97 Å². The number of hydrogen-bond acceptors (Lipinski definition) is 3. The molecule has 0 radical (unpaired) electrons. The van der Waals surface area contributed by atoms with E-state index in [1.807, 2.05) is 13.0 Å². The highest BCUT2D eigenvalue weighted by Crippen LogP contribution is 2.12. The number of halogens is 1. The summed E-state index contributed by atoms with van der Waals surface area (Å²) in [5.41, 5.74) is 0.976. The van der Waals surface area contributed by atoms with Crippen molar-refractivity contribution in [2.75, 3.05) is 7.11 Å². The van der Waals surface area contributed by atoms with Crippen LogP contribution in [-0.4, -0.2) is 17.1 Å². The Bertz CT molecular complexity index is 230. The molecular formula is C7H9BrN2O. The lowest BCUT2D eigenvalue weighted by atomic mass is 10.3. The third-order valence-electron chi connectivity index (χ3n) is 1.27. The van der Waals surface area contributed by atoms with Crippen molar-refractivity contribution >= 4 is 15.9 Å². The zero-order valence-corrected chi connectivity index (χ0v) is 8.05. The molecule has 1 aromatic heterocycles. The molecule has 0 spiro atoms. The summed E-state index contributed by atoms with van der Waals surface area (Å²) in [4.78, 5) is 8.09. The Morgan fingerprint density at radius 2 is 2.27 bits per heavy atom. The maximum Gasteiger partial charge on any atom is 0.317 e. The van der Waals surface area contributed by atoms with E-state index in [4.69, 9.17) is 4.74 Å². The van der Waals surface area contributed by atoms with E-state index in [0.29, 0.717) is 6.01 Å². The average Bonchev–Trinajstić information content (AvgIpc) is 2.03. The van der Waals surface area contributed by atoms with E-state index in [2.05, 4.69) is 25.9 Å². The smallest absolute Gasteiger partial charge is 0.317 e. The maximum absolute atomic E-state index is 4.89. The molecule has 4 heteroatoms. The molecular weight excluding hydrogens is 208 g/mol. The number of ether oxygens (including phenoxy) is 1. The van der Waals surface area contributed by atoms with Gasteiger partial charge in [-0.25, -0.2) is 4.98 Å². The third kappa shape index (κ3) is 2.15. The van der Waals surface area contributed by atoms with Crippen LogP contribution in [0.5, 0.6) is 6.01 Å². The van der Waals surface area contributed by atoms with E-state index in [-0.39, 0.29) is 0 Å². The standard InChI is InChI=1S/C7H9BrN2O/c1-3-5-4-6(8)10-7(9-5)11-2/h4H,3H2,1-2H3. The Hall–Kier alpha value is -0.640. The van der Waals surface area contributed by atoms with E-state index in [9.17, 15) is 0 Å². The van der Waals surface area contributed by atoms with Crippen molar-refractivity contribution in [3.63, 3.8) is 0 Å². The molecule has 0 saturated heterocycles. The molecule has 0 unspecified atom stereocenters. The second-order valence-electron chi connectivity index (χ2n) is 2.02. The number of hydrogen-bond donors (Lipinski definition) is 0. The fraction of sp³-hybridized carbons (Fsp3) is 0.429. The Labute approximate surface area is 73.9 Å². The maximum atomic E-state index is 4.89. The van der Waals surface area contributed by atoms with Crippen molar-refractivity contribution < 1.29 is 4.74 Å². The first-order chi connectivity index (χ1) is 5.26. The largest absolute Gasteiger partial charge is 0.467 e. The first-order valence-electron chi connectivity index (χ1n) is 3.33. The van der Waals surface area contributed by atoms with E-state index in [1.54, 1.807) is 7.11 Å². The van der Waals surface area contributed by atoms with Crippen molar-refractivity contribution in [3.05, 3.63) is 16.4 Å². The van der Waals surface area contributed by atoms with Crippen LogP contribution >= 0.6 is 15.9 Å². The van der Waals surface area contributed by atoms with Gasteiger partial charge in [-0.2, -0.15) is 4.98 Å².